The maximum absolute atomic E-state index is 10.5. The molecule has 1 aromatic carbocycles. The lowest BCUT2D eigenvalue weighted by Crippen LogP contribution is -2.14. The monoisotopic (exact) mass is 213 g/mol. The molecule has 0 spiro atoms. The summed E-state index contributed by atoms with van der Waals surface area (Å²) in [7, 11) is 1.38. The van der Waals surface area contributed by atoms with Gasteiger partial charge < -0.3 is 9.84 Å². The van der Waals surface area contributed by atoms with Crippen molar-refractivity contribution in [2.75, 3.05) is 19.1 Å². The van der Waals surface area contributed by atoms with E-state index in [0.717, 1.165) is 10.6 Å². The van der Waals surface area contributed by atoms with Crippen LogP contribution in [0.15, 0.2) is 29.2 Å². The fraction of sp³-hybridized carbons (Fsp3) is 0.300. The van der Waals surface area contributed by atoms with Crippen molar-refractivity contribution in [1.29, 1.82) is 0 Å². The number of aliphatic carboxylic acids is 1. The summed E-state index contributed by atoms with van der Waals surface area (Å²) in [6.45, 7) is 0. The van der Waals surface area contributed by atoms with Crippen LogP contribution in [0, 0.1) is 0 Å². The van der Waals surface area contributed by atoms with Gasteiger partial charge in [0.05, 0.1) is 7.11 Å². The zero-order valence-electron chi connectivity index (χ0n) is 8.19. The topological polar surface area (TPSA) is 46.5 Å². The minimum absolute atomic E-state index is 0.187. The largest absolute Gasteiger partial charge is 0.497 e. The maximum atomic E-state index is 10.5. The zero-order valence-corrected chi connectivity index (χ0v) is 9.00. The van der Waals surface area contributed by atoms with Crippen molar-refractivity contribution >= 4 is 16.9 Å². The molecule has 1 unspecified atom stereocenters. The standard InChI is InChI=1S/C10H12O3S/c1-13-8-3-5-9(6-4-8)14(2)7-10(11)12/h3-6H,7H2,1-2H3/p+1. The van der Waals surface area contributed by atoms with Crippen molar-refractivity contribution in [2.45, 2.75) is 4.90 Å². The third-order valence-electron chi connectivity index (χ3n) is 1.80. The van der Waals surface area contributed by atoms with E-state index in [9.17, 15) is 4.79 Å². The molecule has 0 aromatic heterocycles. The molecule has 0 fully saturated rings. The highest BCUT2D eigenvalue weighted by molar-refractivity contribution is 7.96. The first-order chi connectivity index (χ1) is 6.63. The Morgan fingerprint density at radius 1 is 1.43 bits per heavy atom. The number of methoxy groups -OCH3 is 1. The number of ether oxygens (including phenoxy) is 1. The highest BCUT2D eigenvalue weighted by atomic mass is 32.2. The molecule has 4 heteroatoms. The molecule has 0 bridgehead atoms. The summed E-state index contributed by atoms with van der Waals surface area (Å²) in [6.07, 6.45) is 1.93. The van der Waals surface area contributed by atoms with Crippen molar-refractivity contribution in [3.63, 3.8) is 0 Å². The van der Waals surface area contributed by atoms with Crippen LogP contribution in [0.3, 0.4) is 0 Å². The van der Waals surface area contributed by atoms with E-state index >= 15 is 0 Å². The van der Waals surface area contributed by atoms with Crippen LogP contribution < -0.4 is 4.74 Å². The Morgan fingerprint density at radius 3 is 2.43 bits per heavy atom. The fourth-order valence-electron chi connectivity index (χ4n) is 1.08. The maximum Gasteiger partial charge on any atom is 0.354 e. The van der Waals surface area contributed by atoms with Gasteiger partial charge in [0.15, 0.2) is 4.90 Å². The first-order valence-corrected chi connectivity index (χ1v) is 5.92. The minimum Gasteiger partial charge on any atom is -0.497 e. The van der Waals surface area contributed by atoms with Crippen molar-refractivity contribution < 1.29 is 14.6 Å². The van der Waals surface area contributed by atoms with Gasteiger partial charge in [-0.2, -0.15) is 0 Å². The van der Waals surface area contributed by atoms with Crippen LogP contribution in [0.25, 0.3) is 0 Å². The minimum atomic E-state index is -0.758. The van der Waals surface area contributed by atoms with Crippen molar-refractivity contribution in [1.82, 2.24) is 0 Å². The molecule has 0 heterocycles. The lowest BCUT2D eigenvalue weighted by molar-refractivity contribution is -0.133. The molecule has 0 amide bonds. The third-order valence-corrected chi connectivity index (χ3v) is 3.56. The molecule has 0 saturated heterocycles. The highest BCUT2D eigenvalue weighted by Gasteiger charge is 2.19. The molecule has 0 saturated carbocycles. The average molecular weight is 213 g/mol. The molecule has 1 N–H and O–H groups in total. The molecule has 0 aliphatic rings. The molecule has 3 nitrogen and oxygen atoms in total. The predicted molar refractivity (Wildman–Crippen MR) is 57.1 cm³/mol. The fourth-order valence-corrected chi connectivity index (χ4v) is 2.21. The number of hydrogen-bond acceptors (Lipinski definition) is 2. The van der Waals surface area contributed by atoms with Crippen LogP contribution in [0.4, 0.5) is 0 Å². The normalized spacial score (nSPS) is 12.1. The average Bonchev–Trinajstić information content (AvgIpc) is 2.17. The van der Waals surface area contributed by atoms with E-state index in [0.29, 0.717) is 0 Å². The van der Waals surface area contributed by atoms with E-state index in [1.165, 1.54) is 0 Å². The first kappa shape index (κ1) is 10.9. The Kier molecular flexibility index (Phi) is 3.83. The van der Waals surface area contributed by atoms with Crippen LogP contribution >= 0.6 is 0 Å². The molecule has 14 heavy (non-hydrogen) atoms. The SMILES string of the molecule is COc1ccc([S+](C)CC(=O)O)cc1. The van der Waals surface area contributed by atoms with Crippen LogP contribution in [0.1, 0.15) is 0 Å². The Balaban J connectivity index is 2.71. The Morgan fingerprint density at radius 2 is 2.00 bits per heavy atom. The number of hydrogen-bond donors (Lipinski definition) is 1. The van der Waals surface area contributed by atoms with Gasteiger partial charge in [0.25, 0.3) is 0 Å². The molecule has 0 aliphatic carbocycles. The van der Waals surface area contributed by atoms with Gasteiger partial charge in [-0.1, -0.05) is 0 Å². The van der Waals surface area contributed by atoms with Gasteiger partial charge >= 0.3 is 5.97 Å². The molecule has 0 radical (unpaired) electrons. The molecule has 1 atom stereocenters. The van der Waals surface area contributed by atoms with Crippen LogP contribution in [-0.4, -0.2) is 30.2 Å². The van der Waals surface area contributed by atoms with Crippen molar-refractivity contribution in [3.8, 4) is 5.75 Å². The highest BCUT2D eigenvalue weighted by Crippen LogP contribution is 2.16. The molecular weight excluding hydrogens is 200 g/mol. The summed E-state index contributed by atoms with van der Waals surface area (Å²) < 4.78 is 5.02. The second-order valence-electron chi connectivity index (χ2n) is 2.85. The zero-order chi connectivity index (χ0) is 10.6. The summed E-state index contributed by atoms with van der Waals surface area (Å²) in [6, 6.07) is 7.51. The molecular formula is C10H13O3S+. The van der Waals surface area contributed by atoms with Crippen molar-refractivity contribution in [2.24, 2.45) is 0 Å². The van der Waals surface area contributed by atoms with Crippen molar-refractivity contribution in [3.05, 3.63) is 24.3 Å². The number of carboxylic acid groups (broad SMARTS) is 1. The quantitative estimate of drug-likeness (QED) is 0.769. The van der Waals surface area contributed by atoms with E-state index in [4.69, 9.17) is 9.84 Å². The van der Waals surface area contributed by atoms with E-state index < -0.39 is 5.97 Å². The molecule has 1 aromatic rings. The first-order valence-electron chi connectivity index (χ1n) is 4.12. The molecule has 1 rings (SSSR count). The summed E-state index contributed by atoms with van der Waals surface area (Å²) in [5.74, 6) is 0.222. The van der Waals surface area contributed by atoms with Crippen LogP contribution in [0.2, 0.25) is 0 Å². The second-order valence-corrected chi connectivity index (χ2v) is 4.89. The van der Waals surface area contributed by atoms with Gasteiger partial charge in [-0.25, -0.2) is 4.79 Å². The van der Waals surface area contributed by atoms with Crippen LogP contribution in [0.5, 0.6) is 5.75 Å². The van der Waals surface area contributed by atoms with E-state index in [2.05, 4.69) is 0 Å². The third kappa shape index (κ3) is 2.96. The number of carboxylic acids is 1. The van der Waals surface area contributed by atoms with E-state index in [1.54, 1.807) is 7.11 Å². The van der Waals surface area contributed by atoms with Gasteiger partial charge in [-0.3, -0.25) is 0 Å². The number of carbonyl (C=O) groups is 1. The van der Waals surface area contributed by atoms with E-state index in [-0.39, 0.29) is 16.6 Å². The summed E-state index contributed by atoms with van der Waals surface area (Å²) in [5, 5.41) is 8.63. The van der Waals surface area contributed by atoms with Gasteiger partial charge in [0.1, 0.15) is 12.0 Å². The lowest BCUT2D eigenvalue weighted by Gasteiger charge is -2.01. The Bertz CT molecular complexity index is 308. The lowest BCUT2D eigenvalue weighted by atomic mass is 10.3. The van der Waals surface area contributed by atoms with Gasteiger partial charge in [-0.15, -0.1) is 0 Å². The van der Waals surface area contributed by atoms with Gasteiger partial charge in [-0.05, 0) is 24.3 Å². The second kappa shape index (κ2) is 4.91. The molecule has 76 valence electrons. The predicted octanol–water partition coefficient (Wildman–Crippen LogP) is 1.39. The summed E-state index contributed by atoms with van der Waals surface area (Å²) in [4.78, 5) is 11.5. The van der Waals surface area contributed by atoms with E-state index in [1.807, 2.05) is 30.5 Å². The number of rotatable bonds is 4. The smallest absolute Gasteiger partial charge is 0.354 e. The number of benzene rings is 1. The summed E-state index contributed by atoms with van der Waals surface area (Å²) in [5.41, 5.74) is 0. The van der Waals surface area contributed by atoms with Crippen LogP contribution in [-0.2, 0) is 15.7 Å². The Hall–Kier alpha value is -1.16. The molecule has 0 aliphatic heterocycles. The summed E-state index contributed by atoms with van der Waals surface area (Å²) >= 11 is 0. The van der Waals surface area contributed by atoms with Gasteiger partial charge in [0, 0.05) is 10.9 Å². The van der Waals surface area contributed by atoms with Gasteiger partial charge in [0.2, 0.25) is 5.75 Å². The Labute approximate surface area is 86.1 Å².